The maximum absolute atomic E-state index is 13.6. The molecule has 4 aliphatic rings. The van der Waals surface area contributed by atoms with Crippen molar-refractivity contribution in [2.75, 3.05) is 20.8 Å². The second-order valence-electron chi connectivity index (χ2n) is 15.4. The maximum Gasteiger partial charge on any atom is 0.407 e. The molecule has 0 spiro atoms. The largest absolute Gasteiger partial charge is 0.453 e. The van der Waals surface area contributed by atoms with Crippen LogP contribution in [0.3, 0.4) is 0 Å². The Morgan fingerprint density at radius 3 is 2.32 bits per heavy atom. The zero-order valence-corrected chi connectivity index (χ0v) is 32.0. The van der Waals surface area contributed by atoms with Crippen LogP contribution in [0, 0.1) is 23.7 Å². The molecule has 13 nitrogen and oxygen atoms in total. The molecule has 290 valence electrons. The Morgan fingerprint density at radius 2 is 1.61 bits per heavy atom. The molecular weight excluding hydrogens is 709 g/mol. The smallest absolute Gasteiger partial charge is 0.407 e. The van der Waals surface area contributed by atoms with Gasteiger partial charge in [0.05, 0.1) is 31.1 Å². The van der Waals surface area contributed by atoms with Crippen LogP contribution < -0.4 is 10.6 Å². The zero-order valence-electron chi connectivity index (χ0n) is 32.0. The number of rotatable bonds is 12. The van der Waals surface area contributed by atoms with E-state index in [1.807, 2.05) is 6.20 Å². The molecule has 4 aromatic rings. The van der Waals surface area contributed by atoms with Gasteiger partial charge >= 0.3 is 6.09 Å². The third-order valence-corrected chi connectivity index (χ3v) is 12.2. The number of benzene rings is 2. The average Bonchev–Trinajstić information content (AvgIpc) is 4.10. The van der Waals surface area contributed by atoms with E-state index < -0.39 is 18.2 Å². The van der Waals surface area contributed by atoms with Gasteiger partial charge in [0, 0.05) is 68.3 Å². The number of allylic oxidation sites excluding steroid dienone is 1. The first-order chi connectivity index (χ1) is 27.3. The number of hydrogen-bond acceptors (Lipinski definition) is 9. The Kier molecular flexibility index (Phi) is 10.8. The van der Waals surface area contributed by atoms with E-state index in [4.69, 9.17) is 14.5 Å². The number of carbonyl (C=O) groups is 3. The molecule has 2 aromatic carbocycles. The van der Waals surface area contributed by atoms with Crippen molar-refractivity contribution >= 4 is 29.2 Å². The van der Waals surface area contributed by atoms with Gasteiger partial charge in [0.2, 0.25) is 11.8 Å². The zero-order chi connectivity index (χ0) is 38.8. The summed E-state index contributed by atoms with van der Waals surface area (Å²) in [7, 11) is 2.77. The molecule has 3 unspecified atom stereocenters. The highest BCUT2D eigenvalue weighted by Gasteiger charge is 2.52. The topological polar surface area (TPSA) is 164 Å². The van der Waals surface area contributed by atoms with E-state index in [0.717, 1.165) is 71.3 Å². The number of carbonyl (C=O) groups excluding carboxylic acids is 3. The number of aliphatic imine (C=N–C) groups is 1. The molecular formula is C43H48N8O5. The minimum Gasteiger partial charge on any atom is -0.453 e. The molecule has 2 aliphatic heterocycles. The van der Waals surface area contributed by atoms with Crippen molar-refractivity contribution in [3.8, 4) is 22.4 Å². The number of fused-ring (bicyclic) bond motifs is 2. The van der Waals surface area contributed by atoms with Crippen molar-refractivity contribution in [2.24, 2.45) is 28.7 Å². The van der Waals surface area contributed by atoms with Gasteiger partial charge in [-0.2, -0.15) is 0 Å². The molecule has 13 heteroatoms. The lowest BCUT2D eigenvalue weighted by Gasteiger charge is -2.30. The quantitative estimate of drug-likeness (QED) is 0.156. The van der Waals surface area contributed by atoms with Crippen molar-refractivity contribution in [1.82, 2.24) is 35.5 Å². The predicted molar refractivity (Wildman–Crippen MR) is 211 cm³/mol. The van der Waals surface area contributed by atoms with Crippen LogP contribution in [0.5, 0.6) is 0 Å². The SMILES string of the molecule is COC(=O)N[C@H](C(=O)N1CCC[C@H]1c1ncc(-c2ccc(-c3ccc(C4=CN=C(C5C6CCC(C6)[C@@H]5C(=O)NCc5cncnc5)C4)cc3)cc2)[nH]1)[C@@H](C)OC. The summed E-state index contributed by atoms with van der Waals surface area (Å²) >= 11 is 0. The lowest BCUT2D eigenvalue weighted by Crippen LogP contribution is -2.54. The van der Waals surface area contributed by atoms with Gasteiger partial charge in [-0.15, -0.1) is 0 Å². The van der Waals surface area contributed by atoms with Crippen molar-refractivity contribution in [3.05, 3.63) is 96.6 Å². The van der Waals surface area contributed by atoms with Gasteiger partial charge in [-0.05, 0) is 78.7 Å². The molecule has 4 heterocycles. The maximum atomic E-state index is 13.6. The molecule has 56 heavy (non-hydrogen) atoms. The fourth-order valence-corrected chi connectivity index (χ4v) is 9.27. The Balaban J connectivity index is 0.889. The van der Waals surface area contributed by atoms with E-state index in [0.29, 0.717) is 30.7 Å². The molecule has 7 atom stereocenters. The number of nitrogens with one attached hydrogen (secondary N) is 3. The number of alkyl carbamates (subject to hydrolysis) is 1. The first-order valence-corrected chi connectivity index (χ1v) is 19.5. The number of likely N-dealkylation sites (tertiary alicyclic amines) is 1. The summed E-state index contributed by atoms with van der Waals surface area (Å²) in [5.41, 5.74) is 8.43. The number of amides is 3. The number of aromatic amines is 1. The standard InChI is InChI=1S/C43H48N8O5/c1-25(55-2)39(50-43(54)56-3)42(53)51-16-4-5-36(51)40-47-23-35(49-40)30-12-10-28(11-13-30)27-6-8-29(9-7-27)33-18-34(46-22-33)37-31-14-15-32(17-31)38(37)41(52)48-21-26-19-44-24-45-20-26/h6-13,19-20,22-25,31-32,36-39H,4-5,14-18,21H2,1-3H3,(H,47,49)(H,48,52)(H,50,54)/t25-,31?,32?,36+,37?,38+,39+/m1/s1. The molecule has 3 N–H and O–H groups in total. The number of aromatic nitrogens is 4. The Bertz CT molecular complexity index is 2120. The monoisotopic (exact) mass is 756 g/mol. The highest BCUT2D eigenvalue weighted by atomic mass is 16.5. The number of hydrogen-bond donors (Lipinski definition) is 3. The van der Waals surface area contributed by atoms with Crippen LogP contribution in [0.1, 0.15) is 68.4 Å². The normalized spacial score (nSPS) is 23.7. The van der Waals surface area contributed by atoms with Gasteiger partial charge < -0.3 is 30.0 Å². The van der Waals surface area contributed by atoms with Gasteiger partial charge in [0.15, 0.2) is 0 Å². The van der Waals surface area contributed by atoms with Crippen LogP contribution in [-0.2, 0) is 25.6 Å². The van der Waals surface area contributed by atoms with Crippen LogP contribution >= 0.6 is 0 Å². The van der Waals surface area contributed by atoms with Gasteiger partial charge in [-0.25, -0.2) is 19.7 Å². The molecule has 3 amide bonds. The summed E-state index contributed by atoms with van der Waals surface area (Å²) in [6.45, 7) is 2.74. The van der Waals surface area contributed by atoms with Crippen LogP contribution in [0.25, 0.3) is 28.0 Å². The van der Waals surface area contributed by atoms with E-state index in [9.17, 15) is 14.4 Å². The number of ether oxygens (including phenoxy) is 2. The molecule has 2 bridgehead atoms. The second-order valence-corrected chi connectivity index (χ2v) is 15.4. The minimum absolute atomic E-state index is 0.0372. The first-order valence-electron chi connectivity index (χ1n) is 19.5. The Labute approximate surface area is 326 Å². The fourth-order valence-electron chi connectivity index (χ4n) is 9.27. The summed E-state index contributed by atoms with van der Waals surface area (Å²) in [6.07, 6.45) is 13.3. The fraction of sp³-hybridized carbons (Fsp3) is 0.419. The molecule has 2 aromatic heterocycles. The summed E-state index contributed by atoms with van der Waals surface area (Å²) in [4.78, 5) is 62.1. The van der Waals surface area contributed by atoms with Gasteiger partial charge in [0.25, 0.3) is 0 Å². The number of nitrogens with zero attached hydrogens (tertiary/aromatic N) is 5. The average molecular weight is 757 g/mol. The van der Waals surface area contributed by atoms with Crippen LogP contribution in [0.2, 0.25) is 0 Å². The van der Waals surface area contributed by atoms with Crippen molar-refractivity contribution in [2.45, 2.75) is 70.2 Å². The third-order valence-electron chi connectivity index (χ3n) is 12.2. The van der Waals surface area contributed by atoms with E-state index in [-0.39, 0.29) is 29.7 Å². The summed E-state index contributed by atoms with van der Waals surface area (Å²) < 4.78 is 10.2. The summed E-state index contributed by atoms with van der Waals surface area (Å²) in [5.74, 6) is 1.67. The minimum atomic E-state index is -0.883. The van der Waals surface area contributed by atoms with Gasteiger partial charge in [0.1, 0.15) is 18.2 Å². The molecule has 0 radical (unpaired) electrons. The van der Waals surface area contributed by atoms with Crippen LogP contribution in [-0.4, -0.2) is 81.4 Å². The molecule has 2 saturated carbocycles. The Hall–Kier alpha value is -5.69. The van der Waals surface area contributed by atoms with Crippen molar-refractivity contribution < 1.29 is 23.9 Å². The highest BCUT2D eigenvalue weighted by molar-refractivity contribution is 6.02. The molecule has 3 fully saturated rings. The van der Waals surface area contributed by atoms with Gasteiger partial charge in [-0.1, -0.05) is 48.5 Å². The van der Waals surface area contributed by atoms with E-state index >= 15 is 0 Å². The van der Waals surface area contributed by atoms with E-state index in [1.54, 1.807) is 30.4 Å². The van der Waals surface area contributed by atoms with Crippen molar-refractivity contribution in [3.63, 3.8) is 0 Å². The third kappa shape index (κ3) is 7.47. The number of imidazole rings is 1. The number of H-pyrrole nitrogens is 1. The van der Waals surface area contributed by atoms with E-state index in [2.05, 4.69) is 79.1 Å². The summed E-state index contributed by atoms with van der Waals surface area (Å²) in [6, 6.07) is 15.9. The lowest BCUT2D eigenvalue weighted by atomic mass is 9.75. The second kappa shape index (κ2) is 16.2. The van der Waals surface area contributed by atoms with Gasteiger partial charge in [-0.3, -0.25) is 14.6 Å². The van der Waals surface area contributed by atoms with Crippen LogP contribution in [0.15, 0.2) is 84.6 Å². The molecule has 1 saturated heterocycles. The highest BCUT2D eigenvalue weighted by Crippen LogP contribution is 2.54. The number of methoxy groups -OCH3 is 2. The molecule has 2 aliphatic carbocycles. The molecule has 8 rings (SSSR count). The van der Waals surface area contributed by atoms with E-state index in [1.165, 1.54) is 32.5 Å². The lowest BCUT2D eigenvalue weighted by molar-refractivity contribution is -0.137. The Morgan fingerprint density at radius 1 is 0.911 bits per heavy atom. The summed E-state index contributed by atoms with van der Waals surface area (Å²) in [5, 5.41) is 5.79. The van der Waals surface area contributed by atoms with Crippen LogP contribution in [0.4, 0.5) is 4.79 Å². The first kappa shape index (κ1) is 37.2. The predicted octanol–water partition coefficient (Wildman–Crippen LogP) is 6.12. The van der Waals surface area contributed by atoms with Crippen molar-refractivity contribution in [1.29, 1.82) is 0 Å².